The van der Waals surface area contributed by atoms with E-state index in [1.54, 1.807) is 19.9 Å². The van der Waals surface area contributed by atoms with Crippen molar-refractivity contribution >= 4 is 23.5 Å². The number of benzene rings is 1. The minimum atomic E-state index is -4.86. The Morgan fingerprint density at radius 1 is 1.11 bits per heavy atom. The summed E-state index contributed by atoms with van der Waals surface area (Å²) >= 11 is 0. The second kappa shape index (κ2) is 9.79. The van der Waals surface area contributed by atoms with Crippen LogP contribution in [0.25, 0.3) is 0 Å². The van der Waals surface area contributed by atoms with Crippen molar-refractivity contribution < 1.29 is 32.3 Å². The van der Waals surface area contributed by atoms with Crippen LogP contribution in [0.5, 0.6) is 5.75 Å². The van der Waals surface area contributed by atoms with Gasteiger partial charge in [-0.2, -0.15) is 0 Å². The topological polar surface area (TPSA) is 91.8 Å². The van der Waals surface area contributed by atoms with Gasteiger partial charge in [0.2, 0.25) is 0 Å². The number of nitrogens with one attached hydrogen (secondary N) is 1. The Morgan fingerprint density at radius 3 is 2.42 bits per heavy atom. The van der Waals surface area contributed by atoms with E-state index in [9.17, 15) is 27.6 Å². The van der Waals surface area contributed by atoms with E-state index in [1.807, 2.05) is 0 Å². The first kappa shape index (κ1) is 25.5. The zero-order chi connectivity index (χ0) is 26.1. The molecule has 2 fully saturated rings. The van der Waals surface area contributed by atoms with E-state index in [2.05, 4.69) is 15.0 Å². The van der Waals surface area contributed by atoms with Gasteiger partial charge < -0.3 is 15.0 Å². The van der Waals surface area contributed by atoms with E-state index in [4.69, 9.17) is 0 Å². The number of carbonyl (C=O) groups excluding carboxylic acids is 3. The van der Waals surface area contributed by atoms with Crippen LogP contribution in [-0.2, 0) is 11.3 Å². The highest BCUT2D eigenvalue weighted by Gasteiger charge is 2.52. The first-order chi connectivity index (χ1) is 17.0. The number of pyridine rings is 1. The Labute approximate surface area is 206 Å². The van der Waals surface area contributed by atoms with Crippen molar-refractivity contribution in [1.29, 1.82) is 0 Å². The summed E-state index contributed by atoms with van der Waals surface area (Å²) < 4.78 is 41.3. The minimum Gasteiger partial charge on any atom is -0.406 e. The number of imide groups is 1. The largest absolute Gasteiger partial charge is 0.573 e. The van der Waals surface area contributed by atoms with Crippen LogP contribution in [-0.4, -0.2) is 45.7 Å². The molecule has 0 unspecified atom stereocenters. The first-order valence-electron chi connectivity index (χ1n) is 11.7. The van der Waals surface area contributed by atoms with Gasteiger partial charge >= 0.3 is 12.4 Å². The number of amides is 4. The molecule has 2 heterocycles. The number of halogens is 3. The molecule has 4 amide bonds. The van der Waals surface area contributed by atoms with Gasteiger partial charge in [-0.15, -0.1) is 13.2 Å². The number of hydrogen-bond acceptors (Lipinski definition) is 5. The highest BCUT2D eigenvalue weighted by molar-refractivity contribution is 6.23. The normalized spacial score (nSPS) is 18.5. The zero-order valence-electron chi connectivity index (χ0n) is 20.0. The van der Waals surface area contributed by atoms with Gasteiger partial charge in [-0.1, -0.05) is 19.3 Å². The van der Waals surface area contributed by atoms with E-state index in [-0.39, 0.29) is 24.2 Å². The third kappa shape index (κ3) is 5.29. The van der Waals surface area contributed by atoms with Gasteiger partial charge in [0.25, 0.3) is 11.8 Å². The van der Waals surface area contributed by atoms with Crippen LogP contribution in [0.1, 0.15) is 61.9 Å². The number of anilines is 1. The van der Waals surface area contributed by atoms with Gasteiger partial charge in [-0.3, -0.25) is 14.6 Å². The van der Waals surface area contributed by atoms with Crippen LogP contribution in [0, 0.1) is 0 Å². The number of rotatable bonds is 6. The summed E-state index contributed by atoms with van der Waals surface area (Å²) in [4.78, 5) is 45.9. The van der Waals surface area contributed by atoms with E-state index in [1.165, 1.54) is 29.4 Å². The molecule has 8 nitrogen and oxygen atoms in total. The van der Waals surface area contributed by atoms with Crippen LogP contribution >= 0.6 is 0 Å². The molecule has 1 saturated heterocycles. The molecule has 1 N–H and O–H groups in total. The van der Waals surface area contributed by atoms with Crippen molar-refractivity contribution in [3.05, 3.63) is 53.9 Å². The summed E-state index contributed by atoms with van der Waals surface area (Å²) in [6, 6.07) is 5.58. The highest BCUT2D eigenvalue weighted by Crippen LogP contribution is 2.35. The second-order valence-electron chi connectivity index (χ2n) is 9.45. The van der Waals surface area contributed by atoms with Crippen molar-refractivity contribution in [3.63, 3.8) is 0 Å². The molecule has 0 spiro atoms. The molecule has 1 aromatic carbocycles. The first-order valence-corrected chi connectivity index (χ1v) is 11.7. The number of alkyl halides is 3. The van der Waals surface area contributed by atoms with E-state index in [0.717, 1.165) is 49.1 Å². The Kier molecular flexibility index (Phi) is 6.92. The molecular weight excluding hydrogens is 477 g/mol. The molecule has 4 rings (SSSR count). The zero-order valence-corrected chi connectivity index (χ0v) is 20.0. The van der Waals surface area contributed by atoms with Gasteiger partial charge in [-0.05, 0) is 62.6 Å². The molecule has 192 valence electrons. The predicted molar refractivity (Wildman–Crippen MR) is 124 cm³/mol. The lowest BCUT2D eigenvalue weighted by atomic mass is 9.95. The highest BCUT2D eigenvalue weighted by atomic mass is 19.4. The molecule has 1 aliphatic carbocycles. The van der Waals surface area contributed by atoms with Crippen LogP contribution in [0.4, 0.5) is 23.7 Å². The third-order valence-corrected chi connectivity index (χ3v) is 6.58. The smallest absolute Gasteiger partial charge is 0.406 e. The molecule has 0 atom stereocenters. The maximum absolute atomic E-state index is 13.4. The van der Waals surface area contributed by atoms with Crippen molar-refractivity contribution in [1.82, 2.24) is 15.2 Å². The van der Waals surface area contributed by atoms with Crippen molar-refractivity contribution in [2.75, 3.05) is 4.90 Å². The van der Waals surface area contributed by atoms with Crippen LogP contribution in [0.2, 0.25) is 0 Å². The molecule has 2 aliphatic rings. The maximum Gasteiger partial charge on any atom is 0.573 e. The van der Waals surface area contributed by atoms with Gasteiger partial charge in [0.05, 0.1) is 11.3 Å². The SMILES string of the molecule is CC1(C)C(=O)N(c2ccc(OC(F)(F)F)cc2)C(=O)N1Cc1ccncc1C(=O)NC1CCCCC1. The third-order valence-electron chi connectivity index (χ3n) is 6.58. The Bertz CT molecular complexity index is 1140. The fourth-order valence-corrected chi connectivity index (χ4v) is 4.57. The quantitative estimate of drug-likeness (QED) is 0.571. The summed E-state index contributed by atoms with van der Waals surface area (Å²) in [6.45, 7) is 3.13. The lowest BCUT2D eigenvalue weighted by Crippen LogP contribution is -2.44. The summed E-state index contributed by atoms with van der Waals surface area (Å²) in [5.74, 6) is -1.29. The number of nitrogens with zero attached hydrogens (tertiary/aromatic N) is 3. The van der Waals surface area contributed by atoms with Crippen molar-refractivity contribution in [2.45, 2.75) is 70.4 Å². The summed E-state index contributed by atoms with van der Waals surface area (Å²) in [7, 11) is 0. The van der Waals surface area contributed by atoms with Gasteiger partial charge in [0.15, 0.2) is 0 Å². The van der Waals surface area contributed by atoms with Crippen molar-refractivity contribution in [3.8, 4) is 5.75 Å². The monoisotopic (exact) mass is 504 g/mol. The second-order valence-corrected chi connectivity index (χ2v) is 9.45. The Balaban J connectivity index is 1.55. The predicted octanol–water partition coefficient (Wildman–Crippen LogP) is 4.79. The van der Waals surface area contributed by atoms with Gasteiger partial charge in [0, 0.05) is 25.0 Å². The number of urea groups is 1. The van der Waals surface area contributed by atoms with E-state index < -0.39 is 29.6 Å². The average Bonchev–Trinajstić information content (AvgIpc) is 2.99. The van der Waals surface area contributed by atoms with Crippen molar-refractivity contribution in [2.24, 2.45) is 0 Å². The summed E-state index contributed by atoms with van der Waals surface area (Å²) in [5.41, 5.74) is -0.298. The van der Waals surface area contributed by atoms with E-state index >= 15 is 0 Å². The number of carbonyl (C=O) groups is 3. The van der Waals surface area contributed by atoms with Crippen LogP contribution < -0.4 is 15.0 Å². The van der Waals surface area contributed by atoms with Crippen LogP contribution in [0.15, 0.2) is 42.7 Å². The molecule has 1 aromatic heterocycles. The maximum atomic E-state index is 13.4. The summed E-state index contributed by atoms with van der Waals surface area (Å²) in [6.07, 6.45) is 3.19. The Hall–Kier alpha value is -3.63. The average molecular weight is 505 g/mol. The molecule has 0 bridgehead atoms. The number of hydrogen-bond donors (Lipinski definition) is 1. The van der Waals surface area contributed by atoms with Gasteiger partial charge in [-0.25, -0.2) is 9.69 Å². The number of aromatic nitrogens is 1. The standard InChI is InChI=1S/C25H27F3N4O4/c1-24(2)22(34)32(18-8-10-19(11-9-18)36-25(26,27)28)23(35)31(24)15-16-12-13-29-14-20(16)21(33)30-17-6-4-3-5-7-17/h8-14,17H,3-7,15H2,1-2H3,(H,30,33). The Morgan fingerprint density at radius 2 is 1.78 bits per heavy atom. The van der Waals surface area contributed by atoms with Gasteiger partial charge in [0.1, 0.15) is 11.3 Å². The molecule has 36 heavy (non-hydrogen) atoms. The van der Waals surface area contributed by atoms with E-state index in [0.29, 0.717) is 11.1 Å². The summed E-state index contributed by atoms with van der Waals surface area (Å²) in [5, 5.41) is 3.05. The molecule has 1 saturated carbocycles. The fourth-order valence-electron chi connectivity index (χ4n) is 4.57. The van der Waals surface area contributed by atoms with Crippen LogP contribution in [0.3, 0.4) is 0 Å². The fraction of sp³-hybridized carbons (Fsp3) is 0.440. The molecular formula is C25H27F3N4O4. The lowest BCUT2D eigenvalue weighted by Gasteiger charge is -2.28. The molecule has 0 radical (unpaired) electrons. The number of ether oxygens (including phenoxy) is 1. The molecule has 11 heteroatoms. The lowest BCUT2D eigenvalue weighted by molar-refractivity contribution is -0.274. The molecule has 2 aromatic rings. The molecule has 1 aliphatic heterocycles. The minimum absolute atomic E-state index is 0.0285.